The monoisotopic (exact) mass is 841 g/mol. The minimum atomic E-state index is -4.22. The average molecular weight is 842 g/mol. The third-order valence-electron chi connectivity index (χ3n) is 9.09. The van der Waals surface area contributed by atoms with Crippen molar-refractivity contribution >= 4 is 57.2 Å². The Morgan fingerprint density at radius 3 is 2.03 bits per heavy atom. The first kappa shape index (κ1) is 45.1. The number of carbonyl (C=O) groups is 8. The minimum Gasteiger partial charge on any atom is -0.478 e. The third kappa shape index (κ3) is 11.3. The van der Waals surface area contributed by atoms with Gasteiger partial charge in [0.15, 0.2) is 0 Å². The number of carboxylic acids is 1. The molecule has 1 unspecified atom stereocenters. The summed E-state index contributed by atoms with van der Waals surface area (Å²) in [6.07, 6.45) is -0.245. The van der Waals surface area contributed by atoms with Crippen LogP contribution >= 0.6 is 0 Å². The summed E-state index contributed by atoms with van der Waals surface area (Å²) in [4.78, 5) is 104. The lowest BCUT2D eigenvalue weighted by atomic mass is 10.0. The highest BCUT2D eigenvalue weighted by molar-refractivity contribution is 7.89. The Hall–Kier alpha value is -6.61. The van der Waals surface area contributed by atoms with Crippen molar-refractivity contribution in [2.75, 3.05) is 13.1 Å². The molecule has 5 atom stereocenters. The molecule has 18 nitrogen and oxygen atoms in total. The SMILES string of the molecule is CCCC(NC(=O)[C@@H]1C[C@@H](NS(=O)(=O)c2ccccc2)CN1C(=O)[C@H](C)NC(=O)c1c(F)ccc(F)c1C(=O)O)C(=O)C(=O)NCC(=O)N[C@H](C(N)=O)c1ccccc1. The predicted molar refractivity (Wildman–Crippen MR) is 202 cm³/mol. The Labute approximate surface area is 336 Å². The van der Waals surface area contributed by atoms with E-state index < -0.39 is 123 Å². The van der Waals surface area contributed by atoms with Crippen molar-refractivity contribution in [3.63, 3.8) is 0 Å². The zero-order chi connectivity index (χ0) is 43.6. The Balaban J connectivity index is 1.52. The number of rotatable bonds is 18. The zero-order valence-electron chi connectivity index (χ0n) is 31.6. The van der Waals surface area contributed by atoms with Gasteiger partial charge in [-0.2, -0.15) is 0 Å². The van der Waals surface area contributed by atoms with Gasteiger partial charge in [-0.3, -0.25) is 33.6 Å². The number of sulfonamides is 1. The number of Topliss-reactive ketones (excluding diaryl/α,β-unsaturated/α-hetero) is 1. The van der Waals surface area contributed by atoms with E-state index in [1.54, 1.807) is 31.2 Å². The number of hydrogen-bond donors (Lipinski definition) is 7. The lowest BCUT2D eigenvalue weighted by molar-refractivity contribution is -0.143. The van der Waals surface area contributed by atoms with Crippen molar-refractivity contribution in [1.29, 1.82) is 0 Å². The lowest BCUT2D eigenvalue weighted by Crippen LogP contribution is -2.56. The van der Waals surface area contributed by atoms with Gasteiger partial charge in [0, 0.05) is 12.6 Å². The van der Waals surface area contributed by atoms with E-state index in [9.17, 15) is 60.7 Å². The van der Waals surface area contributed by atoms with Crippen molar-refractivity contribution in [2.45, 2.75) is 68.2 Å². The fourth-order valence-electron chi connectivity index (χ4n) is 6.27. The first-order valence-corrected chi connectivity index (χ1v) is 19.5. The fraction of sp³-hybridized carbons (Fsp3) is 0.316. The molecule has 0 aliphatic carbocycles. The molecule has 8 N–H and O–H groups in total. The number of halogens is 2. The van der Waals surface area contributed by atoms with Crippen LogP contribution in [-0.2, 0) is 38.8 Å². The van der Waals surface area contributed by atoms with Crippen LogP contribution in [-0.4, -0.2) is 103 Å². The highest BCUT2D eigenvalue weighted by atomic mass is 32.2. The van der Waals surface area contributed by atoms with Crippen molar-refractivity contribution in [3.05, 3.63) is 101 Å². The number of hydrogen-bond acceptors (Lipinski definition) is 10. The predicted octanol–water partition coefficient (Wildman–Crippen LogP) is 0.0423. The fourth-order valence-corrected chi connectivity index (χ4v) is 7.53. The van der Waals surface area contributed by atoms with Gasteiger partial charge in [-0.25, -0.2) is 26.7 Å². The number of ketones is 1. The lowest BCUT2D eigenvalue weighted by Gasteiger charge is -2.28. The van der Waals surface area contributed by atoms with Gasteiger partial charge < -0.3 is 37.0 Å². The molecule has 0 bridgehead atoms. The number of nitrogens with one attached hydrogen (secondary N) is 5. The van der Waals surface area contributed by atoms with Crippen LogP contribution in [0.1, 0.15) is 65.4 Å². The summed E-state index contributed by atoms with van der Waals surface area (Å²) in [5.74, 6) is -12.6. The van der Waals surface area contributed by atoms with Crippen molar-refractivity contribution in [2.24, 2.45) is 5.73 Å². The molecule has 0 aromatic heterocycles. The topological polar surface area (TPSA) is 280 Å². The number of nitrogens with two attached hydrogens (primary N) is 1. The second kappa shape index (κ2) is 19.7. The zero-order valence-corrected chi connectivity index (χ0v) is 32.4. The van der Waals surface area contributed by atoms with E-state index >= 15 is 0 Å². The standard InChI is InChI=1S/C38H41F2N7O11S/c1-3-10-26(32(49)36(53)42-18-28(48)45-31(33(41)50)21-11-6-4-7-12-21)44-34(51)27-17-22(46-59(57,58)23-13-8-5-9-14-23)19-47(27)37(54)20(2)43-35(52)29-24(39)15-16-25(40)30(29)38(55)56/h4-9,11-16,20,22,26-27,31,46H,3,10,17-19H2,1-2H3,(H2,41,50)(H,42,53)(H,43,52)(H,44,51)(H,45,48)(H,55,56)/t20-,22+,26?,27-,31-/m0/s1. The molecular weight excluding hydrogens is 801 g/mol. The normalized spacial score (nSPS) is 16.5. The molecule has 59 heavy (non-hydrogen) atoms. The van der Waals surface area contributed by atoms with E-state index in [1.807, 2.05) is 0 Å². The second-order valence-electron chi connectivity index (χ2n) is 13.4. The van der Waals surface area contributed by atoms with Gasteiger partial charge in [-0.1, -0.05) is 61.9 Å². The van der Waals surface area contributed by atoms with Crippen molar-refractivity contribution < 1.29 is 60.7 Å². The van der Waals surface area contributed by atoms with Gasteiger partial charge in [0.05, 0.1) is 23.0 Å². The first-order chi connectivity index (χ1) is 27.9. The van der Waals surface area contributed by atoms with Crippen LogP contribution in [0.2, 0.25) is 0 Å². The second-order valence-corrected chi connectivity index (χ2v) is 15.1. The molecule has 314 valence electrons. The number of likely N-dealkylation sites (tertiary alicyclic amines) is 1. The number of primary amides is 1. The Morgan fingerprint density at radius 1 is 0.864 bits per heavy atom. The summed E-state index contributed by atoms with van der Waals surface area (Å²) in [5.41, 5.74) is 3.27. The maximum absolute atomic E-state index is 14.7. The first-order valence-electron chi connectivity index (χ1n) is 18.0. The van der Waals surface area contributed by atoms with E-state index in [2.05, 4.69) is 26.0 Å². The molecule has 21 heteroatoms. The molecule has 1 aliphatic rings. The van der Waals surface area contributed by atoms with Gasteiger partial charge in [0.2, 0.25) is 39.4 Å². The summed E-state index contributed by atoms with van der Waals surface area (Å²) < 4.78 is 57.8. The molecule has 1 aliphatic heterocycles. The summed E-state index contributed by atoms with van der Waals surface area (Å²) in [7, 11) is -4.22. The van der Waals surface area contributed by atoms with Crippen LogP contribution < -0.4 is 31.7 Å². The van der Waals surface area contributed by atoms with Crippen LogP contribution in [0.4, 0.5) is 8.78 Å². The molecule has 3 aromatic carbocycles. The van der Waals surface area contributed by atoms with Crippen LogP contribution in [0, 0.1) is 11.6 Å². The minimum absolute atomic E-state index is 0.107. The van der Waals surface area contributed by atoms with Crippen LogP contribution in [0.15, 0.2) is 77.7 Å². The van der Waals surface area contributed by atoms with E-state index in [0.29, 0.717) is 17.7 Å². The van der Waals surface area contributed by atoms with Gasteiger partial charge in [-0.05, 0) is 49.6 Å². The van der Waals surface area contributed by atoms with E-state index in [1.165, 1.54) is 36.4 Å². The largest absolute Gasteiger partial charge is 0.478 e. The Kier molecular flexibility index (Phi) is 15.1. The quantitative estimate of drug-likeness (QED) is 0.0840. The maximum atomic E-state index is 14.7. The molecule has 1 heterocycles. The number of nitrogens with zero attached hydrogens (tertiary/aromatic N) is 1. The molecule has 6 amide bonds. The molecule has 0 spiro atoms. The van der Waals surface area contributed by atoms with Crippen molar-refractivity contribution in [1.82, 2.24) is 30.9 Å². The maximum Gasteiger partial charge on any atom is 0.339 e. The van der Waals surface area contributed by atoms with E-state index in [4.69, 9.17) is 5.73 Å². The van der Waals surface area contributed by atoms with Gasteiger partial charge >= 0.3 is 5.97 Å². The molecule has 1 saturated heterocycles. The Morgan fingerprint density at radius 2 is 1.46 bits per heavy atom. The van der Waals surface area contributed by atoms with Crippen LogP contribution in [0.3, 0.4) is 0 Å². The van der Waals surface area contributed by atoms with Crippen LogP contribution in [0.25, 0.3) is 0 Å². The highest BCUT2D eigenvalue weighted by Crippen LogP contribution is 2.23. The average Bonchev–Trinajstić information content (AvgIpc) is 3.62. The number of carboxylic acid groups (broad SMARTS) is 1. The molecular formula is C38H41F2N7O11S. The van der Waals surface area contributed by atoms with E-state index in [0.717, 1.165) is 11.8 Å². The molecule has 4 rings (SSSR count). The van der Waals surface area contributed by atoms with E-state index in [-0.39, 0.29) is 24.2 Å². The smallest absolute Gasteiger partial charge is 0.339 e. The van der Waals surface area contributed by atoms with Gasteiger partial charge in [0.1, 0.15) is 35.3 Å². The Bertz CT molecular complexity index is 2230. The third-order valence-corrected chi connectivity index (χ3v) is 10.6. The summed E-state index contributed by atoms with van der Waals surface area (Å²) in [6, 6.07) is 9.00. The van der Waals surface area contributed by atoms with Crippen LogP contribution in [0.5, 0.6) is 0 Å². The summed E-state index contributed by atoms with van der Waals surface area (Å²) in [5, 5.41) is 18.4. The number of benzene rings is 3. The number of amides is 6. The van der Waals surface area contributed by atoms with Crippen molar-refractivity contribution in [3.8, 4) is 0 Å². The molecule has 1 fully saturated rings. The number of carbonyl (C=O) groups excluding carboxylic acids is 7. The molecule has 0 saturated carbocycles. The van der Waals surface area contributed by atoms with Gasteiger partial charge in [0.25, 0.3) is 11.8 Å². The summed E-state index contributed by atoms with van der Waals surface area (Å²) in [6.45, 7) is 1.49. The molecule has 0 radical (unpaired) electrons. The van der Waals surface area contributed by atoms with Gasteiger partial charge in [-0.15, -0.1) is 0 Å². The highest BCUT2D eigenvalue weighted by Gasteiger charge is 2.44. The summed E-state index contributed by atoms with van der Waals surface area (Å²) >= 11 is 0. The number of aromatic carboxylic acids is 1. The molecule has 3 aromatic rings.